The second-order valence-corrected chi connectivity index (χ2v) is 7.03. The van der Waals surface area contributed by atoms with Crippen LogP contribution in [0.3, 0.4) is 0 Å². The molecule has 3 rings (SSSR count). The number of pyridine rings is 1. The first-order valence-electron chi connectivity index (χ1n) is 8.22. The van der Waals surface area contributed by atoms with Gasteiger partial charge in [-0.2, -0.15) is 4.98 Å². The van der Waals surface area contributed by atoms with Crippen molar-refractivity contribution in [1.29, 1.82) is 0 Å². The minimum absolute atomic E-state index is 0.0901. The smallest absolute Gasteiger partial charge is 0.279 e. The van der Waals surface area contributed by atoms with Crippen LogP contribution in [0.5, 0.6) is 0 Å². The Hall–Kier alpha value is -2.75. The van der Waals surface area contributed by atoms with E-state index in [0.717, 1.165) is 6.20 Å². The highest BCUT2D eigenvalue weighted by atomic mass is 32.2. The van der Waals surface area contributed by atoms with Crippen molar-refractivity contribution >= 4 is 29.4 Å². The molecule has 3 heterocycles. The highest BCUT2D eigenvalue weighted by Crippen LogP contribution is 2.25. The molecule has 1 N–H and O–H groups in total. The number of amides is 2. The Balaban J connectivity index is 1.95. The van der Waals surface area contributed by atoms with Gasteiger partial charge in [0.25, 0.3) is 11.5 Å². The van der Waals surface area contributed by atoms with E-state index in [1.165, 1.54) is 28.5 Å². The van der Waals surface area contributed by atoms with Gasteiger partial charge in [-0.15, -0.1) is 0 Å². The Labute approximate surface area is 158 Å². The summed E-state index contributed by atoms with van der Waals surface area (Å²) < 4.78 is 14.4. The monoisotopic (exact) mass is 391 g/mol. The number of hydrogen-bond acceptors (Lipinski definition) is 6. The minimum atomic E-state index is -0.514. The number of rotatable bonds is 5. The standard InChI is InChI=1S/C17H18FN5O3S/c1-9(2)22-7-11-14(16(22)26)23(17(27-3)21-15(11)25)8-13(24)20-12-5-4-10(18)6-19-12/h4-6,9H,7-8H2,1-3H3,(H,19,20,24). The van der Waals surface area contributed by atoms with Crippen LogP contribution in [0.2, 0.25) is 0 Å². The zero-order valence-corrected chi connectivity index (χ0v) is 15.8. The largest absolute Gasteiger partial charge is 0.330 e. The van der Waals surface area contributed by atoms with Gasteiger partial charge in [0.2, 0.25) is 5.91 Å². The summed E-state index contributed by atoms with van der Waals surface area (Å²) >= 11 is 1.17. The molecule has 0 aliphatic carbocycles. The fourth-order valence-electron chi connectivity index (χ4n) is 2.84. The first-order valence-corrected chi connectivity index (χ1v) is 9.44. The van der Waals surface area contributed by atoms with Gasteiger partial charge in [0.1, 0.15) is 23.9 Å². The Morgan fingerprint density at radius 1 is 1.37 bits per heavy atom. The topological polar surface area (TPSA) is 97.2 Å². The lowest BCUT2D eigenvalue weighted by Gasteiger charge is -2.20. The van der Waals surface area contributed by atoms with Crippen molar-refractivity contribution < 1.29 is 14.0 Å². The number of hydrogen-bond donors (Lipinski definition) is 1. The molecule has 8 nitrogen and oxygen atoms in total. The number of anilines is 1. The molecule has 0 aromatic carbocycles. The summed E-state index contributed by atoms with van der Waals surface area (Å²) in [6, 6.07) is 2.42. The summed E-state index contributed by atoms with van der Waals surface area (Å²) in [4.78, 5) is 46.9. The van der Waals surface area contributed by atoms with Gasteiger partial charge >= 0.3 is 0 Å². The average molecular weight is 391 g/mol. The highest BCUT2D eigenvalue weighted by molar-refractivity contribution is 7.98. The Morgan fingerprint density at radius 2 is 2.11 bits per heavy atom. The number of fused-ring (bicyclic) bond motifs is 1. The van der Waals surface area contributed by atoms with E-state index in [1.807, 2.05) is 13.8 Å². The van der Waals surface area contributed by atoms with Crippen LogP contribution in [-0.4, -0.2) is 43.5 Å². The van der Waals surface area contributed by atoms with Crippen molar-refractivity contribution in [1.82, 2.24) is 19.4 Å². The predicted octanol–water partition coefficient (Wildman–Crippen LogP) is 1.50. The van der Waals surface area contributed by atoms with E-state index in [9.17, 15) is 18.8 Å². The summed E-state index contributed by atoms with van der Waals surface area (Å²) in [5.74, 6) is -1.09. The van der Waals surface area contributed by atoms with Crippen LogP contribution < -0.4 is 10.9 Å². The summed E-state index contributed by atoms with van der Waals surface area (Å²) in [7, 11) is 0. The Kier molecular flexibility index (Phi) is 5.26. The van der Waals surface area contributed by atoms with E-state index < -0.39 is 17.3 Å². The molecular formula is C17H18FN5O3S. The number of nitrogens with one attached hydrogen (secondary N) is 1. The van der Waals surface area contributed by atoms with Crippen LogP contribution in [0.15, 0.2) is 28.3 Å². The summed E-state index contributed by atoms with van der Waals surface area (Å²) in [6.45, 7) is 3.67. The van der Waals surface area contributed by atoms with Gasteiger partial charge in [-0.3, -0.25) is 14.4 Å². The van der Waals surface area contributed by atoms with Crippen molar-refractivity contribution in [3.8, 4) is 0 Å². The first kappa shape index (κ1) is 19.0. The van der Waals surface area contributed by atoms with Crippen molar-refractivity contribution in [3.05, 3.63) is 45.8 Å². The van der Waals surface area contributed by atoms with Crippen LogP contribution >= 0.6 is 11.8 Å². The lowest BCUT2D eigenvalue weighted by atomic mass is 10.2. The zero-order valence-electron chi connectivity index (χ0n) is 15.0. The highest BCUT2D eigenvalue weighted by Gasteiger charge is 2.35. The van der Waals surface area contributed by atoms with E-state index in [-0.39, 0.29) is 41.7 Å². The van der Waals surface area contributed by atoms with Gasteiger partial charge in [-0.25, -0.2) is 9.37 Å². The van der Waals surface area contributed by atoms with E-state index >= 15 is 0 Å². The maximum atomic E-state index is 12.9. The molecule has 1 aliphatic heterocycles. The molecule has 1 aliphatic rings. The van der Waals surface area contributed by atoms with Crippen molar-refractivity contribution in [2.24, 2.45) is 0 Å². The fourth-order valence-corrected chi connectivity index (χ4v) is 3.39. The third-order valence-corrected chi connectivity index (χ3v) is 4.81. The molecule has 27 heavy (non-hydrogen) atoms. The molecule has 2 amide bonds. The molecule has 0 atom stereocenters. The SMILES string of the molecule is CSc1nc(=O)c2c(n1CC(=O)Nc1ccc(F)cn1)C(=O)N(C(C)C)C2. The van der Waals surface area contributed by atoms with Crippen LogP contribution in [-0.2, 0) is 17.9 Å². The number of halogens is 1. The van der Waals surface area contributed by atoms with Crippen LogP contribution in [0, 0.1) is 5.82 Å². The fraction of sp³-hybridized carbons (Fsp3) is 0.353. The minimum Gasteiger partial charge on any atom is -0.330 e. The molecule has 0 radical (unpaired) electrons. The lowest BCUT2D eigenvalue weighted by Crippen LogP contribution is -2.32. The normalized spacial score (nSPS) is 13.2. The van der Waals surface area contributed by atoms with E-state index in [1.54, 1.807) is 11.2 Å². The predicted molar refractivity (Wildman–Crippen MR) is 98.1 cm³/mol. The van der Waals surface area contributed by atoms with Crippen LogP contribution in [0.1, 0.15) is 29.9 Å². The summed E-state index contributed by atoms with van der Waals surface area (Å²) in [5.41, 5.74) is 0.0252. The Bertz CT molecular complexity index is 958. The van der Waals surface area contributed by atoms with Crippen LogP contribution in [0.25, 0.3) is 0 Å². The molecule has 0 unspecified atom stereocenters. The second-order valence-electron chi connectivity index (χ2n) is 6.25. The quantitative estimate of drug-likeness (QED) is 0.613. The molecule has 0 saturated carbocycles. The third-order valence-electron chi connectivity index (χ3n) is 4.14. The van der Waals surface area contributed by atoms with Gasteiger partial charge in [0.15, 0.2) is 5.16 Å². The van der Waals surface area contributed by atoms with Gasteiger partial charge in [0.05, 0.1) is 18.3 Å². The summed E-state index contributed by atoms with van der Waals surface area (Å²) in [6.07, 6.45) is 2.70. The first-order chi connectivity index (χ1) is 12.8. The molecule has 0 saturated heterocycles. The van der Waals surface area contributed by atoms with Crippen LogP contribution in [0.4, 0.5) is 10.2 Å². The Morgan fingerprint density at radius 3 is 2.70 bits per heavy atom. The molecule has 142 valence electrons. The third kappa shape index (κ3) is 3.70. The number of nitrogens with zero attached hydrogens (tertiary/aromatic N) is 4. The molecule has 0 bridgehead atoms. The molecule has 10 heteroatoms. The molecule has 2 aromatic rings. The van der Waals surface area contributed by atoms with Crippen molar-refractivity contribution in [3.63, 3.8) is 0 Å². The maximum absolute atomic E-state index is 12.9. The zero-order chi connectivity index (χ0) is 19.7. The number of thioether (sulfide) groups is 1. The lowest BCUT2D eigenvalue weighted by molar-refractivity contribution is -0.116. The van der Waals surface area contributed by atoms with Crippen molar-refractivity contribution in [2.45, 2.75) is 38.1 Å². The molecular weight excluding hydrogens is 373 g/mol. The van der Waals surface area contributed by atoms with E-state index in [2.05, 4.69) is 15.3 Å². The molecule has 0 spiro atoms. The molecule has 2 aromatic heterocycles. The van der Waals surface area contributed by atoms with Gasteiger partial charge < -0.3 is 14.8 Å². The molecule has 0 fully saturated rings. The second kappa shape index (κ2) is 7.47. The number of carbonyl (C=O) groups excluding carboxylic acids is 2. The van der Waals surface area contributed by atoms with Gasteiger partial charge in [-0.1, -0.05) is 11.8 Å². The maximum Gasteiger partial charge on any atom is 0.279 e. The number of carbonyl (C=O) groups is 2. The average Bonchev–Trinajstić information content (AvgIpc) is 2.97. The number of aromatic nitrogens is 3. The summed E-state index contributed by atoms with van der Waals surface area (Å²) in [5, 5.41) is 2.82. The van der Waals surface area contributed by atoms with Crippen molar-refractivity contribution in [2.75, 3.05) is 11.6 Å². The van der Waals surface area contributed by atoms with E-state index in [4.69, 9.17) is 0 Å². The van der Waals surface area contributed by atoms with Gasteiger partial charge in [0, 0.05) is 6.04 Å². The van der Waals surface area contributed by atoms with Gasteiger partial charge in [-0.05, 0) is 32.2 Å². The van der Waals surface area contributed by atoms with E-state index in [0.29, 0.717) is 5.56 Å².